The van der Waals surface area contributed by atoms with Crippen LogP contribution in [0.3, 0.4) is 0 Å². The molecule has 0 fully saturated rings. The summed E-state index contributed by atoms with van der Waals surface area (Å²) in [6, 6.07) is 38.6. The number of Topliss-reactive ketones (excluding diaryl/α,β-unsaturated/α-hetero) is 1. The molecule has 0 bridgehead atoms. The summed E-state index contributed by atoms with van der Waals surface area (Å²) in [5.41, 5.74) is 30.6. The molecule has 10 rings (SSSR count). The molecule has 5 amide bonds. The van der Waals surface area contributed by atoms with E-state index in [-0.39, 0.29) is 129 Å². The van der Waals surface area contributed by atoms with Crippen LogP contribution in [-0.4, -0.2) is 118 Å². The smallest absolute Gasteiger partial charge is 0.337 e. The molecule has 5 heterocycles. The molecule has 5 aromatic heterocycles. The maximum Gasteiger partial charge on any atom is 0.337 e. The number of rotatable bonds is 21. The topological polar surface area (TPSA) is 494 Å². The molecule has 0 saturated heterocycles. The molecule has 37 heteroatoms. The number of aliphatic hydroxyl groups is 1. The van der Waals surface area contributed by atoms with Crippen LogP contribution >= 0.6 is 69.6 Å². The van der Waals surface area contributed by atoms with Crippen LogP contribution in [0.2, 0.25) is 30.1 Å². The number of hydrogen-bond acceptors (Lipinski definition) is 18. The van der Waals surface area contributed by atoms with Crippen molar-refractivity contribution in [3.05, 3.63) is 306 Å². The molecule has 0 atom stereocenters. The number of carbonyl (C=O) groups excluding carboxylic acids is 7. The Morgan fingerprint density at radius 2 is 0.765 bits per heavy atom. The highest BCUT2D eigenvalue weighted by Gasteiger charge is 2.21. The highest BCUT2D eigenvalue weighted by molar-refractivity contribution is 7.90. The average molecular weight is 1730 g/mol. The fourth-order valence-corrected chi connectivity index (χ4v) is 13.7. The van der Waals surface area contributed by atoms with E-state index in [0.29, 0.717) is 43.9 Å². The molecule has 0 aliphatic heterocycles. The minimum absolute atomic E-state index is 0. The number of carbonyl (C=O) groups is 7. The number of nitrogens with two attached hydrogens (primary N) is 5. The number of nitrogens with zero attached hydrogens (tertiary/aromatic N) is 6. The van der Waals surface area contributed by atoms with Crippen LogP contribution in [0.25, 0.3) is 0 Å². The molecular formula is C78H88Cl6N16O13S2. The van der Waals surface area contributed by atoms with Gasteiger partial charge in [-0.3, -0.25) is 55.8 Å². The Kier molecular flexibility index (Phi) is 36.1. The van der Waals surface area contributed by atoms with E-state index in [2.05, 4.69) is 4.74 Å². The fourth-order valence-electron chi connectivity index (χ4n) is 10.4. The Hall–Kier alpha value is -11.1. The van der Waals surface area contributed by atoms with Crippen molar-refractivity contribution < 1.29 is 60.2 Å². The third-order valence-corrected chi connectivity index (χ3v) is 20.3. The summed E-state index contributed by atoms with van der Waals surface area (Å²) in [5, 5.41) is 52.0. The van der Waals surface area contributed by atoms with E-state index in [1.165, 1.54) is 120 Å². The van der Waals surface area contributed by atoms with E-state index in [4.69, 9.17) is 125 Å². The largest absolute Gasteiger partial charge is 0.465 e. The van der Waals surface area contributed by atoms with Gasteiger partial charge in [0.15, 0.2) is 15.6 Å². The number of primary amides is 5. The molecule has 5 aromatic carbocycles. The number of sulfonamides is 1. The molecule has 0 aliphatic carbocycles. The lowest BCUT2D eigenvalue weighted by molar-refractivity contribution is 0.0599. The summed E-state index contributed by atoms with van der Waals surface area (Å²) >= 11 is 35.7. The van der Waals surface area contributed by atoms with Crippen molar-refractivity contribution in [2.75, 3.05) is 27.5 Å². The van der Waals surface area contributed by atoms with Crippen LogP contribution < -0.4 is 56.1 Å². The lowest BCUT2D eigenvalue weighted by Crippen LogP contribution is -2.30. The third-order valence-electron chi connectivity index (χ3n) is 16.0. The van der Waals surface area contributed by atoms with Gasteiger partial charge in [0.2, 0.25) is 15.9 Å². The predicted octanol–water partition coefficient (Wildman–Crippen LogP) is 10.3. The molecule has 10 aromatic rings. The Bertz CT molecular complexity index is 5900. The van der Waals surface area contributed by atoms with Crippen LogP contribution in [-0.2, 0) is 62.9 Å². The van der Waals surface area contributed by atoms with Crippen molar-refractivity contribution in [1.29, 1.82) is 27.0 Å². The average Bonchev–Trinajstić information content (AvgIpc) is 0.808. The number of hydrogen-bond donors (Lipinski definition) is 11. The van der Waals surface area contributed by atoms with Crippen LogP contribution in [0.1, 0.15) is 149 Å². The van der Waals surface area contributed by atoms with Gasteiger partial charge < -0.3 is 61.3 Å². The number of ether oxygens (including phenoxy) is 1. The first kappa shape index (κ1) is 98.1. The van der Waals surface area contributed by atoms with E-state index in [9.17, 15) is 55.5 Å². The number of halogens is 6. The van der Waals surface area contributed by atoms with Crippen molar-refractivity contribution in [3.63, 3.8) is 0 Å². The minimum Gasteiger partial charge on any atom is -0.465 e. The normalized spacial score (nSPS) is 10.8. The van der Waals surface area contributed by atoms with E-state index < -0.39 is 61.0 Å². The maximum atomic E-state index is 12.0. The first-order chi connectivity index (χ1) is 52.2. The highest BCUT2D eigenvalue weighted by atomic mass is 35.5. The Morgan fingerprint density at radius 3 is 1.10 bits per heavy atom. The summed E-state index contributed by atoms with van der Waals surface area (Å²) in [6.45, 7) is 6.09. The lowest BCUT2D eigenvalue weighted by Gasteiger charge is -2.19. The number of ketones is 1. The molecule has 612 valence electrons. The molecule has 0 unspecified atom stereocenters. The number of pyridine rings is 5. The van der Waals surface area contributed by atoms with Crippen molar-refractivity contribution in [3.8, 4) is 0 Å². The molecule has 0 spiro atoms. The number of methoxy groups -OCH3 is 1. The predicted molar refractivity (Wildman–Crippen MR) is 443 cm³/mol. The van der Waals surface area contributed by atoms with Gasteiger partial charge in [-0.05, 0) is 133 Å². The number of nitrogens with one attached hydrogen (secondary N) is 5. The van der Waals surface area contributed by atoms with Crippen molar-refractivity contribution in [1.82, 2.24) is 27.1 Å². The zero-order valence-corrected chi connectivity index (χ0v) is 66.9. The standard InChI is InChI=1S/C17H19ClN2O2.C15H17ClN4O3S.C15H14ClN3O3.C14H13Cl2N3O3S.C14H13ClN4O2.3CH4/c1-11(21)15-8-14(18)10-20(16(15)19)9-12-5-4-6-13(7-12)17(2,3)22;1-19(2)24(22,23)12-5-3-10(4-6-12)8-20-9-11(16)7-13(14(20)17)15(18)21;1-22-15(21)10-4-2-3-9(5-10)7-19-8-11(16)6-12(13(19)17)14(18)20;1-23(21,22)12-5-9(15)3-2-8(12)6-19-7-10(16)4-11(13(19)17)14(18)20;15-10-5-11(14(18)21)12(16)19(7-10)6-8-2-1-3-9(4-8)13(17)20;;;/h4-8,10,19,22H,9H2,1-3H3;3-7,9,17H,8H2,1-2H3,(H2,18,21);2-6,8,17H,7H2,1H3,(H2,18,20);2-5,7,17H,6H2,1H3,(H2,18,20);1-5,7,16H,6H2,(H2,17,20)(H2,18,21);3*1H4. The second kappa shape index (κ2) is 42.3. The second-order valence-electron chi connectivity index (χ2n) is 25.2. The van der Waals surface area contributed by atoms with Crippen molar-refractivity contribution >= 4 is 131 Å². The number of esters is 1. The van der Waals surface area contributed by atoms with Gasteiger partial charge in [-0.25, -0.2) is 25.9 Å². The maximum absolute atomic E-state index is 12.0. The van der Waals surface area contributed by atoms with Gasteiger partial charge in [-0.15, -0.1) is 0 Å². The monoisotopic (exact) mass is 1730 g/mol. The van der Waals surface area contributed by atoms with Crippen LogP contribution in [0.15, 0.2) is 186 Å². The molecule has 16 N–H and O–H groups in total. The summed E-state index contributed by atoms with van der Waals surface area (Å²) in [5.74, 6) is -4.12. The molecule has 115 heavy (non-hydrogen) atoms. The highest BCUT2D eigenvalue weighted by Crippen LogP contribution is 2.25. The first-order valence-electron chi connectivity index (χ1n) is 32.5. The zero-order valence-electron chi connectivity index (χ0n) is 60.8. The molecular weight excluding hydrogens is 1650 g/mol. The van der Waals surface area contributed by atoms with E-state index in [1.54, 1.807) is 97.4 Å². The molecule has 0 saturated carbocycles. The SMILES string of the molecule is C.C.C.CC(=O)c1cc(Cl)cn(Cc2cccc(C(C)(C)O)c2)c1=N.CN(C)S(=O)(=O)c1ccc(Cn2cc(Cl)cc(C(N)=O)c2=N)cc1.COC(=O)c1cccc(Cn2cc(Cl)cc(C(N)=O)c2=N)c1.CS(=O)(=O)c1cc(Cl)ccc1Cn1cc(Cl)cc(C(N)=O)c1=N.N=c1c(C(N)=O)cc(Cl)cn1Cc1cccc(C(N)=O)c1. The zero-order chi connectivity index (χ0) is 83.8. The van der Waals surface area contributed by atoms with E-state index in [1.807, 2.05) is 24.3 Å². The van der Waals surface area contributed by atoms with Gasteiger partial charge >= 0.3 is 5.97 Å². The number of aromatic nitrogens is 5. The van der Waals surface area contributed by atoms with Crippen LogP contribution in [0.4, 0.5) is 0 Å². The van der Waals surface area contributed by atoms with Gasteiger partial charge in [0.25, 0.3) is 23.6 Å². The minimum atomic E-state index is -3.51. The van der Waals surface area contributed by atoms with Crippen molar-refractivity contribution in [2.24, 2.45) is 28.7 Å². The van der Waals surface area contributed by atoms with Gasteiger partial charge in [0.05, 0.1) is 87.5 Å². The first-order valence-corrected chi connectivity index (χ1v) is 38.1. The number of sulfone groups is 1. The van der Waals surface area contributed by atoms with Crippen LogP contribution in [0, 0.1) is 27.0 Å². The summed E-state index contributed by atoms with van der Waals surface area (Å²) in [7, 11) is -2.77. The third kappa shape index (κ3) is 27.3. The number of amides is 5. The molecule has 0 aliphatic rings. The van der Waals surface area contributed by atoms with Gasteiger partial charge in [0.1, 0.15) is 27.4 Å². The summed E-state index contributed by atoms with van der Waals surface area (Å²) in [6.07, 6.45) is 8.69. The van der Waals surface area contributed by atoms with E-state index >= 15 is 0 Å². The van der Waals surface area contributed by atoms with Gasteiger partial charge in [-0.1, -0.05) is 159 Å². The fraction of sp³-hybridized carbons (Fsp3) is 0.205. The molecule has 29 nitrogen and oxygen atoms in total. The van der Waals surface area contributed by atoms with Gasteiger partial charge in [0, 0.05) is 88.1 Å². The number of benzene rings is 5. The Morgan fingerprint density at radius 1 is 0.435 bits per heavy atom. The van der Waals surface area contributed by atoms with E-state index in [0.717, 1.165) is 38.4 Å². The molecule has 0 radical (unpaired) electrons. The summed E-state index contributed by atoms with van der Waals surface area (Å²) < 4.78 is 61.1. The second-order valence-corrected chi connectivity index (χ2v) is 32.0. The van der Waals surface area contributed by atoms with Crippen LogP contribution in [0.5, 0.6) is 0 Å². The summed E-state index contributed by atoms with van der Waals surface area (Å²) in [4.78, 5) is 79.9. The van der Waals surface area contributed by atoms with Gasteiger partial charge in [-0.2, -0.15) is 0 Å². The Balaban J connectivity index is 0.000000370. The van der Waals surface area contributed by atoms with Crippen molar-refractivity contribution in [2.45, 2.75) is 91.2 Å². The lowest BCUT2D eigenvalue weighted by atomic mass is 9.96. The Labute approximate surface area is 694 Å². The quantitative estimate of drug-likeness (QED) is 0.0236.